The van der Waals surface area contributed by atoms with Gasteiger partial charge in [0, 0.05) is 16.6 Å². The molecule has 0 bridgehead atoms. The Labute approximate surface area is 192 Å². The van der Waals surface area contributed by atoms with Crippen molar-refractivity contribution in [3.8, 4) is 17.4 Å². The van der Waals surface area contributed by atoms with Crippen LogP contribution in [0.2, 0.25) is 10.0 Å². The zero-order chi connectivity index (χ0) is 22.5. The number of carbonyl (C=O) groups excluding carboxylic acids is 1. The van der Waals surface area contributed by atoms with Crippen LogP contribution in [-0.4, -0.2) is 27.5 Å². The summed E-state index contributed by atoms with van der Waals surface area (Å²) in [4.78, 5) is 24.5. The molecule has 0 radical (unpaired) electrons. The number of pyridine rings is 1. The average molecular weight is 471 g/mol. The van der Waals surface area contributed by atoms with Crippen molar-refractivity contribution in [1.29, 1.82) is 0 Å². The van der Waals surface area contributed by atoms with E-state index >= 15 is 0 Å². The third-order valence-electron chi connectivity index (χ3n) is 4.22. The Bertz CT molecular complexity index is 1280. The number of nitrogens with zero attached hydrogens (tertiary/aromatic N) is 3. The maximum Gasteiger partial charge on any atom is 0.276 e. The van der Waals surface area contributed by atoms with Gasteiger partial charge in [-0.15, -0.1) is 0 Å². The predicted molar refractivity (Wildman–Crippen MR) is 122 cm³/mol. The van der Waals surface area contributed by atoms with Gasteiger partial charge in [-0.3, -0.25) is 20.6 Å². The maximum atomic E-state index is 12.1. The Kier molecular flexibility index (Phi) is 6.39. The van der Waals surface area contributed by atoms with Crippen LogP contribution >= 0.6 is 23.2 Å². The second-order valence-corrected chi connectivity index (χ2v) is 7.25. The van der Waals surface area contributed by atoms with Crippen LogP contribution in [0.15, 0.2) is 61.1 Å². The summed E-state index contributed by atoms with van der Waals surface area (Å²) < 4.78 is 11.2. The third-order valence-corrected chi connectivity index (χ3v) is 4.75. The molecular weight excluding hydrogens is 455 g/mol. The normalized spacial score (nSPS) is 10.6. The standard InChI is InChI=1S/C21H16Cl2N6O3/c22-13-6-7-15(14(23)9-13)31-10-17(30)28-29-20-18(24)21(27-11-26-20)32-16-5-1-3-12-4-2-8-25-19(12)16/h1-9,11H,10,24H2,(H,28,30)(H,26,27,29). The number of nitrogens with one attached hydrogen (secondary N) is 2. The summed E-state index contributed by atoms with van der Waals surface area (Å²) in [6, 6.07) is 13.9. The molecule has 0 aliphatic carbocycles. The molecule has 0 spiro atoms. The van der Waals surface area contributed by atoms with E-state index in [0.29, 0.717) is 27.1 Å². The summed E-state index contributed by atoms with van der Waals surface area (Å²) in [6.45, 7) is -0.301. The van der Waals surface area contributed by atoms with Crippen molar-refractivity contribution in [2.75, 3.05) is 17.8 Å². The molecule has 9 nitrogen and oxygen atoms in total. The molecule has 11 heteroatoms. The number of carbonyl (C=O) groups is 1. The number of fused-ring (bicyclic) bond motifs is 1. The number of rotatable bonds is 7. The van der Waals surface area contributed by atoms with E-state index in [1.54, 1.807) is 24.4 Å². The highest BCUT2D eigenvalue weighted by Gasteiger charge is 2.13. The monoisotopic (exact) mass is 470 g/mol. The fraction of sp³-hybridized carbons (Fsp3) is 0.0476. The topological polar surface area (TPSA) is 124 Å². The minimum absolute atomic E-state index is 0.0994. The first-order valence-corrected chi connectivity index (χ1v) is 10.0. The molecule has 4 N–H and O–H groups in total. The number of benzene rings is 2. The van der Waals surface area contributed by atoms with Crippen molar-refractivity contribution in [2.45, 2.75) is 0 Å². The number of halogens is 2. The molecule has 0 saturated carbocycles. The average Bonchev–Trinajstić information content (AvgIpc) is 2.79. The van der Waals surface area contributed by atoms with Gasteiger partial charge in [0.25, 0.3) is 5.91 Å². The lowest BCUT2D eigenvalue weighted by Gasteiger charge is -2.13. The highest BCUT2D eigenvalue weighted by Crippen LogP contribution is 2.32. The summed E-state index contributed by atoms with van der Waals surface area (Å²) in [5.41, 5.74) is 11.9. The molecule has 4 aromatic rings. The first kappa shape index (κ1) is 21.4. The van der Waals surface area contributed by atoms with Gasteiger partial charge >= 0.3 is 0 Å². The number of anilines is 2. The zero-order valence-corrected chi connectivity index (χ0v) is 17.9. The molecule has 2 heterocycles. The van der Waals surface area contributed by atoms with Gasteiger partial charge in [-0.2, -0.15) is 4.98 Å². The van der Waals surface area contributed by atoms with Gasteiger partial charge in [0.2, 0.25) is 5.88 Å². The molecule has 0 unspecified atom stereocenters. The molecule has 2 aromatic heterocycles. The van der Waals surface area contributed by atoms with Crippen molar-refractivity contribution < 1.29 is 14.3 Å². The smallest absolute Gasteiger partial charge is 0.276 e. The van der Waals surface area contributed by atoms with Crippen LogP contribution in [0.3, 0.4) is 0 Å². The van der Waals surface area contributed by atoms with E-state index in [4.69, 9.17) is 38.4 Å². The van der Waals surface area contributed by atoms with Gasteiger partial charge in [-0.25, -0.2) is 4.98 Å². The minimum atomic E-state index is -0.491. The molecule has 0 aliphatic rings. The highest BCUT2D eigenvalue weighted by molar-refractivity contribution is 6.35. The van der Waals surface area contributed by atoms with E-state index < -0.39 is 5.91 Å². The van der Waals surface area contributed by atoms with Crippen molar-refractivity contribution >= 4 is 51.5 Å². The SMILES string of the molecule is Nc1c(NNC(=O)COc2ccc(Cl)cc2Cl)ncnc1Oc1cccc2cccnc12. The van der Waals surface area contributed by atoms with E-state index in [1.165, 1.54) is 12.4 Å². The van der Waals surface area contributed by atoms with Crippen LogP contribution in [-0.2, 0) is 4.79 Å². The van der Waals surface area contributed by atoms with Gasteiger partial charge in [-0.05, 0) is 30.3 Å². The van der Waals surface area contributed by atoms with E-state index in [9.17, 15) is 4.79 Å². The number of amides is 1. The molecule has 162 valence electrons. The van der Waals surface area contributed by atoms with Gasteiger partial charge in [0.1, 0.15) is 23.3 Å². The Hall–Kier alpha value is -3.82. The van der Waals surface area contributed by atoms with Crippen LogP contribution < -0.4 is 26.1 Å². The Balaban J connectivity index is 1.40. The Morgan fingerprint density at radius 1 is 1.03 bits per heavy atom. The summed E-state index contributed by atoms with van der Waals surface area (Å²) >= 11 is 11.9. The minimum Gasteiger partial charge on any atom is -0.482 e. The fourth-order valence-corrected chi connectivity index (χ4v) is 3.19. The first-order valence-electron chi connectivity index (χ1n) is 9.26. The quantitative estimate of drug-likeness (QED) is 0.342. The Morgan fingerprint density at radius 2 is 1.88 bits per heavy atom. The highest BCUT2D eigenvalue weighted by atomic mass is 35.5. The predicted octanol–water partition coefficient (Wildman–Crippen LogP) is 4.23. The number of aromatic nitrogens is 3. The first-order chi connectivity index (χ1) is 15.5. The summed E-state index contributed by atoms with van der Waals surface area (Å²) in [5, 5.41) is 1.66. The van der Waals surface area contributed by atoms with Gasteiger partial charge in [-0.1, -0.05) is 41.4 Å². The fourth-order valence-electron chi connectivity index (χ4n) is 2.72. The number of hydrazine groups is 1. The van der Waals surface area contributed by atoms with E-state index in [0.717, 1.165) is 5.39 Å². The summed E-state index contributed by atoms with van der Waals surface area (Å²) in [7, 11) is 0. The molecule has 0 fully saturated rings. The van der Waals surface area contributed by atoms with Crippen LogP contribution in [0.4, 0.5) is 11.5 Å². The number of nitrogens with two attached hydrogens (primary N) is 1. The van der Waals surface area contributed by atoms with Crippen LogP contribution in [0.1, 0.15) is 0 Å². The summed E-state index contributed by atoms with van der Waals surface area (Å²) in [5.74, 6) is 0.582. The molecule has 2 aromatic carbocycles. The van der Waals surface area contributed by atoms with Gasteiger partial charge < -0.3 is 15.2 Å². The molecule has 0 aliphatic heterocycles. The van der Waals surface area contributed by atoms with Crippen LogP contribution in [0, 0.1) is 0 Å². The van der Waals surface area contributed by atoms with Crippen molar-refractivity contribution in [3.05, 3.63) is 71.1 Å². The third kappa shape index (κ3) is 4.90. The van der Waals surface area contributed by atoms with Gasteiger partial charge in [0.15, 0.2) is 18.2 Å². The molecule has 32 heavy (non-hydrogen) atoms. The number of hydrogen-bond acceptors (Lipinski definition) is 8. The second-order valence-electron chi connectivity index (χ2n) is 6.41. The number of para-hydroxylation sites is 1. The number of nitrogen functional groups attached to an aromatic ring is 1. The lowest BCUT2D eigenvalue weighted by Crippen LogP contribution is -2.34. The molecule has 0 atom stereocenters. The summed E-state index contributed by atoms with van der Waals surface area (Å²) in [6.07, 6.45) is 2.92. The lowest BCUT2D eigenvalue weighted by molar-refractivity contribution is -0.122. The van der Waals surface area contributed by atoms with Gasteiger partial charge in [0.05, 0.1) is 5.02 Å². The molecule has 4 rings (SSSR count). The van der Waals surface area contributed by atoms with Crippen molar-refractivity contribution in [1.82, 2.24) is 20.4 Å². The lowest BCUT2D eigenvalue weighted by atomic mass is 10.2. The number of hydrogen-bond donors (Lipinski definition) is 3. The molecular formula is C21H16Cl2N6O3. The van der Waals surface area contributed by atoms with E-state index in [-0.39, 0.29) is 24.0 Å². The largest absolute Gasteiger partial charge is 0.482 e. The van der Waals surface area contributed by atoms with Crippen LogP contribution in [0.25, 0.3) is 10.9 Å². The van der Waals surface area contributed by atoms with Crippen LogP contribution in [0.5, 0.6) is 17.4 Å². The molecule has 0 saturated heterocycles. The van der Waals surface area contributed by atoms with E-state index in [2.05, 4.69) is 25.8 Å². The van der Waals surface area contributed by atoms with Crippen molar-refractivity contribution in [3.63, 3.8) is 0 Å². The molecule has 1 amide bonds. The number of ether oxygens (including phenoxy) is 2. The second kappa shape index (κ2) is 9.54. The van der Waals surface area contributed by atoms with Crippen molar-refractivity contribution in [2.24, 2.45) is 0 Å². The Morgan fingerprint density at radius 3 is 2.72 bits per heavy atom. The van der Waals surface area contributed by atoms with E-state index in [1.807, 2.05) is 24.3 Å². The maximum absolute atomic E-state index is 12.1. The zero-order valence-electron chi connectivity index (χ0n) is 16.4.